The predicted octanol–water partition coefficient (Wildman–Crippen LogP) is 4.29. The Balaban J connectivity index is 1.53. The molecule has 0 spiro atoms. The Hall–Kier alpha value is -3.56. The Morgan fingerprint density at radius 1 is 1.07 bits per heavy atom. The third-order valence-corrected chi connectivity index (χ3v) is 4.44. The molecule has 0 aliphatic rings. The summed E-state index contributed by atoms with van der Waals surface area (Å²) in [6, 6.07) is 18.8. The normalized spacial score (nSPS) is 10.2. The summed E-state index contributed by atoms with van der Waals surface area (Å²) in [5.74, 6) is 0.282. The van der Waals surface area contributed by atoms with Crippen molar-refractivity contribution in [2.45, 2.75) is 6.54 Å². The number of likely N-dealkylation sites (N-methyl/N-ethyl adjacent to an activating group) is 1. The number of hydrogen-bond donors (Lipinski definition) is 0. The first-order valence-electron chi connectivity index (χ1n) is 8.72. The molecule has 3 aromatic rings. The second kappa shape index (κ2) is 9.09. The van der Waals surface area contributed by atoms with Gasteiger partial charge in [0.15, 0.2) is 6.61 Å². The van der Waals surface area contributed by atoms with Crippen molar-refractivity contribution in [3.8, 4) is 17.4 Å². The summed E-state index contributed by atoms with van der Waals surface area (Å²) < 4.78 is 10.8. The van der Waals surface area contributed by atoms with E-state index in [0.29, 0.717) is 22.1 Å². The van der Waals surface area contributed by atoms with E-state index in [4.69, 9.17) is 26.0 Å². The van der Waals surface area contributed by atoms with Crippen LogP contribution in [-0.4, -0.2) is 30.4 Å². The molecule has 146 valence electrons. The number of nitrogens with zero attached hydrogens (tertiary/aromatic N) is 2. The van der Waals surface area contributed by atoms with Crippen LogP contribution in [0.2, 0.25) is 5.02 Å². The average Bonchev–Trinajstić information content (AvgIpc) is 3.20. The number of hydrogen-bond acceptors (Lipinski definition) is 5. The Morgan fingerprint density at radius 2 is 1.76 bits per heavy atom. The maximum absolute atomic E-state index is 12.2. The molecule has 0 saturated carbocycles. The molecule has 2 aromatic carbocycles. The van der Waals surface area contributed by atoms with Gasteiger partial charge in [0.05, 0.1) is 23.7 Å². The molecule has 0 aliphatic heterocycles. The number of amides is 1. The van der Waals surface area contributed by atoms with Crippen LogP contribution in [0.4, 0.5) is 0 Å². The van der Waals surface area contributed by atoms with E-state index in [2.05, 4.69) is 0 Å². The van der Waals surface area contributed by atoms with Gasteiger partial charge >= 0.3 is 5.97 Å². The number of ether oxygens (including phenoxy) is 1. The third-order valence-electron chi connectivity index (χ3n) is 4.19. The quantitative estimate of drug-likeness (QED) is 0.568. The maximum Gasteiger partial charge on any atom is 0.338 e. The zero-order chi connectivity index (χ0) is 20.8. The molecule has 7 heteroatoms. The Bertz CT molecular complexity index is 1050. The zero-order valence-corrected chi connectivity index (χ0v) is 16.3. The fourth-order valence-electron chi connectivity index (χ4n) is 2.56. The van der Waals surface area contributed by atoms with E-state index in [1.165, 1.54) is 29.2 Å². The Kier molecular flexibility index (Phi) is 6.32. The van der Waals surface area contributed by atoms with Gasteiger partial charge in [0.2, 0.25) is 0 Å². The molecule has 0 saturated heterocycles. The van der Waals surface area contributed by atoms with E-state index < -0.39 is 5.97 Å². The van der Waals surface area contributed by atoms with Gasteiger partial charge in [-0.25, -0.2) is 4.79 Å². The van der Waals surface area contributed by atoms with Crippen LogP contribution in [0.25, 0.3) is 11.3 Å². The van der Waals surface area contributed by atoms with E-state index in [1.54, 1.807) is 25.2 Å². The SMILES string of the molecule is CN(Cc1ccc(-c2ccc(Cl)cc2)o1)C(=O)COC(=O)c1ccc(C#N)cc1. The minimum Gasteiger partial charge on any atom is -0.459 e. The molecule has 0 aliphatic carbocycles. The minimum absolute atomic E-state index is 0.237. The third kappa shape index (κ3) is 5.24. The summed E-state index contributed by atoms with van der Waals surface area (Å²) in [7, 11) is 1.60. The number of nitriles is 1. The van der Waals surface area contributed by atoms with Crippen molar-refractivity contribution in [2.75, 3.05) is 13.7 Å². The van der Waals surface area contributed by atoms with E-state index >= 15 is 0 Å². The lowest BCUT2D eigenvalue weighted by Gasteiger charge is -2.15. The Labute approximate surface area is 172 Å². The zero-order valence-electron chi connectivity index (χ0n) is 15.6. The number of furan rings is 1. The van der Waals surface area contributed by atoms with Gasteiger partial charge < -0.3 is 14.1 Å². The first kappa shape index (κ1) is 20.2. The van der Waals surface area contributed by atoms with Gasteiger partial charge in [0.25, 0.3) is 5.91 Å². The first-order valence-corrected chi connectivity index (χ1v) is 9.10. The van der Waals surface area contributed by atoms with E-state index in [1.807, 2.05) is 24.3 Å². The standard InChI is InChI=1S/C22H17ClN2O4/c1-25(13-19-10-11-20(29-19)16-6-8-18(23)9-7-16)21(26)14-28-22(27)17-4-2-15(12-24)3-5-17/h2-11H,13-14H2,1H3. The number of carbonyl (C=O) groups is 2. The molecular weight excluding hydrogens is 392 g/mol. The molecule has 0 fully saturated rings. The number of halogens is 1. The number of benzene rings is 2. The van der Waals surface area contributed by atoms with Gasteiger partial charge in [-0.1, -0.05) is 11.6 Å². The summed E-state index contributed by atoms with van der Waals surface area (Å²) in [6.07, 6.45) is 0. The lowest BCUT2D eigenvalue weighted by atomic mass is 10.1. The van der Waals surface area contributed by atoms with Crippen LogP contribution in [0.3, 0.4) is 0 Å². The number of esters is 1. The van der Waals surface area contributed by atoms with Crippen molar-refractivity contribution >= 4 is 23.5 Å². The molecule has 1 heterocycles. The molecule has 6 nitrogen and oxygen atoms in total. The van der Waals surface area contributed by atoms with Gasteiger partial charge in [-0.3, -0.25) is 4.79 Å². The van der Waals surface area contributed by atoms with Crippen LogP contribution in [-0.2, 0) is 16.1 Å². The second-order valence-corrected chi connectivity index (χ2v) is 6.72. The maximum atomic E-state index is 12.2. The highest BCUT2D eigenvalue weighted by atomic mass is 35.5. The summed E-state index contributed by atoms with van der Waals surface area (Å²) in [5.41, 5.74) is 1.60. The van der Waals surface area contributed by atoms with Crippen molar-refractivity contribution in [2.24, 2.45) is 0 Å². The molecule has 0 atom stereocenters. The highest BCUT2D eigenvalue weighted by Crippen LogP contribution is 2.24. The van der Waals surface area contributed by atoms with Gasteiger partial charge in [0.1, 0.15) is 11.5 Å². The molecule has 1 aromatic heterocycles. The van der Waals surface area contributed by atoms with Crippen LogP contribution < -0.4 is 0 Å². The molecule has 29 heavy (non-hydrogen) atoms. The summed E-state index contributed by atoms with van der Waals surface area (Å²) in [6.45, 7) is -0.152. The first-order chi connectivity index (χ1) is 14.0. The fourth-order valence-corrected chi connectivity index (χ4v) is 2.68. The monoisotopic (exact) mass is 408 g/mol. The van der Waals surface area contributed by atoms with Gasteiger partial charge in [-0.2, -0.15) is 5.26 Å². The minimum atomic E-state index is -0.626. The summed E-state index contributed by atoms with van der Waals surface area (Å²) in [5, 5.41) is 9.41. The van der Waals surface area contributed by atoms with E-state index in [9.17, 15) is 9.59 Å². The summed E-state index contributed by atoms with van der Waals surface area (Å²) in [4.78, 5) is 25.7. The lowest BCUT2D eigenvalue weighted by molar-refractivity contribution is -0.133. The second-order valence-electron chi connectivity index (χ2n) is 6.29. The van der Waals surface area contributed by atoms with E-state index in [0.717, 1.165) is 5.56 Å². The largest absolute Gasteiger partial charge is 0.459 e. The number of rotatable bonds is 6. The molecule has 0 radical (unpaired) electrons. The highest BCUT2D eigenvalue weighted by Gasteiger charge is 2.15. The topological polar surface area (TPSA) is 83.5 Å². The van der Waals surface area contributed by atoms with Gasteiger partial charge in [0, 0.05) is 17.6 Å². The highest BCUT2D eigenvalue weighted by molar-refractivity contribution is 6.30. The van der Waals surface area contributed by atoms with Crippen molar-refractivity contribution in [3.63, 3.8) is 0 Å². The molecule has 3 rings (SSSR count). The van der Waals surface area contributed by atoms with Gasteiger partial charge in [-0.15, -0.1) is 0 Å². The van der Waals surface area contributed by atoms with Crippen LogP contribution in [0.1, 0.15) is 21.7 Å². The van der Waals surface area contributed by atoms with Crippen molar-refractivity contribution < 1.29 is 18.7 Å². The smallest absolute Gasteiger partial charge is 0.338 e. The predicted molar refractivity (Wildman–Crippen MR) is 107 cm³/mol. The fraction of sp³-hybridized carbons (Fsp3) is 0.136. The lowest BCUT2D eigenvalue weighted by Crippen LogP contribution is -2.30. The van der Waals surface area contributed by atoms with Crippen LogP contribution >= 0.6 is 11.6 Å². The Morgan fingerprint density at radius 3 is 2.41 bits per heavy atom. The average molecular weight is 409 g/mol. The molecule has 1 amide bonds. The van der Waals surface area contributed by atoms with Crippen molar-refractivity contribution in [3.05, 3.63) is 82.6 Å². The van der Waals surface area contributed by atoms with Crippen LogP contribution in [0.5, 0.6) is 0 Å². The van der Waals surface area contributed by atoms with Crippen molar-refractivity contribution in [1.82, 2.24) is 4.90 Å². The van der Waals surface area contributed by atoms with Crippen LogP contribution in [0, 0.1) is 11.3 Å². The van der Waals surface area contributed by atoms with Crippen molar-refractivity contribution in [1.29, 1.82) is 5.26 Å². The molecular formula is C22H17ClN2O4. The van der Waals surface area contributed by atoms with Crippen LogP contribution in [0.15, 0.2) is 65.1 Å². The summed E-state index contributed by atoms with van der Waals surface area (Å²) >= 11 is 5.89. The van der Waals surface area contributed by atoms with Gasteiger partial charge in [-0.05, 0) is 60.7 Å². The van der Waals surface area contributed by atoms with E-state index in [-0.39, 0.29) is 24.6 Å². The molecule has 0 bridgehead atoms. The molecule has 0 N–H and O–H groups in total. The number of carbonyl (C=O) groups excluding carboxylic acids is 2. The molecule has 0 unspecified atom stereocenters.